The Balaban J connectivity index is 2.26. The predicted molar refractivity (Wildman–Crippen MR) is 87.2 cm³/mol. The van der Waals surface area contributed by atoms with Gasteiger partial charge in [0, 0.05) is 19.0 Å². The molecule has 0 aliphatic rings. The van der Waals surface area contributed by atoms with E-state index in [0.717, 1.165) is 18.4 Å². The SMILES string of the molecule is CNC(=O)C(Cc1c(F)c(F)c(F)c(F)c1F)NC(=O)Nc1n[nH]c(=S)s1. The molecule has 3 amide bonds. The summed E-state index contributed by atoms with van der Waals surface area (Å²) in [6, 6.07) is -2.65. The highest BCUT2D eigenvalue weighted by atomic mass is 32.1. The maximum atomic E-state index is 13.8. The van der Waals surface area contributed by atoms with Gasteiger partial charge in [0.2, 0.25) is 16.9 Å². The molecule has 4 N–H and O–H groups in total. The maximum absolute atomic E-state index is 13.8. The molecule has 1 unspecified atom stereocenters. The minimum Gasteiger partial charge on any atom is -0.357 e. The van der Waals surface area contributed by atoms with Crippen LogP contribution in [-0.4, -0.2) is 35.2 Å². The van der Waals surface area contributed by atoms with E-state index in [1.165, 1.54) is 0 Å². The summed E-state index contributed by atoms with van der Waals surface area (Å²) in [4.78, 5) is 23.8. The van der Waals surface area contributed by atoms with Gasteiger partial charge in [0.15, 0.2) is 27.2 Å². The molecule has 2 aromatic rings. The van der Waals surface area contributed by atoms with E-state index in [2.05, 4.69) is 26.1 Å². The van der Waals surface area contributed by atoms with Crippen molar-refractivity contribution in [3.8, 4) is 0 Å². The highest BCUT2D eigenvalue weighted by molar-refractivity contribution is 7.73. The zero-order chi connectivity index (χ0) is 20.3. The molecule has 27 heavy (non-hydrogen) atoms. The average molecular weight is 427 g/mol. The summed E-state index contributed by atoms with van der Waals surface area (Å²) in [5, 5.41) is 12.4. The van der Waals surface area contributed by atoms with Crippen LogP contribution in [0.3, 0.4) is 0 Å². The van der Waals surface area contributed by atoms with E-state index >= 15 is 0 Å². The lowest BCUT2D eigenvalue weighted by atomic mass is 10.0. The van der Waals surface area contributed by atoms with E-state index in [-0.39, 0.29) is 9.09 Å². The first kappa shape index (κ1) is 20.7. The Labute approximate surface area is 157 Å². The number of aromatic amines is 1. The van der Waals surface area contributed by atoms with Crippen molar-refractivity contribution >= 4 is 40.6 Å². The van der Waals surface area contributed by atoms with Gasteiger partial charge >= 0.3 is 6.03 Å². The average Bonchev–Trinajstić information content (AvgIpc) is 3.04. The monoisotopic (exact) mass is 427 g/mol. The third-order valence-corrected chi connectivity index (χ3v) is 4.24. The molecule has 1 atom stereocenters. The number of aromatic nitrogens is 2. The summed E-state index contributed by atoms with van der Waals surface area (Å²) in [5.74, 6) is -11.7. The number of carbonyl (C=O) groups is 2. The van der Waals surface area contributed by atoms with Crippen molar-refractivity contribution in [2.75, 3.05) is 12.4 Å². The number of benzene rings is 1. The highest BCUT2D eigenvalue weighted by Gasteiger charge is 2.30. The van der Waals surface area contributed by atoms with Gasteiger partial charge in [0.05, 0.1) is 0 Å². The van der Waals surface area contributed by atoms with Crippen LogP contribution in [0.5, 0.6) is 0 Å². The first-order valence-electron chi connectivity index (χ1n) is 7.00. The van der Waals surface area contributed by atoms with Crippen molar-refractivity contribution < 1.29 is 31.5 Å². The number of urea groups is 1. The Morgan fingerprint density at radius 3 is 2.15 bits per heavy atom. The van der Waals surface area contributed by atoms with Gasteiger partial charge in [-0.1, -0.05) is 11.3 Å². The third kappa shape index (κ3) is 4.57. The number of nitrogens with one attached hydrogen (secondary N) is 4. The quantitative estimate of drug-likeness (QED) is 0.255. The fourth-order valence-corrected chi connectivity index (χ4v) is 2.78. The molecule has 146 valence electrons. The Morgan fingerprint density at radius 2 is 1.67 bits per heavy atom. The van der Waals surface area contributed by atoms with Crippen molar-refractivity contribution in [1.82, 2.24) is 20.8 Å². The lowest BCUT2D eigenvalue weighted by Crippen LogP contribution is -2.48. The molecule has 0 aliphatic carbocycles. The number of H-pyrrole nitrogens is 1. The molecule has 0 saturated heterocycles. The molecule has 0 fully saturated rings. The summed E-state index contributed by atoms with van der Waals surface area (Å²) < 4.78 is 67.6. The van der Waals surface area contributed by atoms with Crippen LogP contribution in [-0.2, 0) is 11.2 Å². The van der Waals surface area contributed by atoms with Crippen LogP contribution < -0.4 is 16.0 Å². The summed E-state index contributed by atoms with van der Waals surface area (Å²) >= 11 is 5.65. The number of hydrogen-bond donors (Lipinski definition) is 4. The van der Waals surface area contributed by atoms with Gasteiger partial charge in [-0.3, -0.25) is 15.2 Å². The molecule has 14 heteroatoms. The topological polar surface area (TPSA) is 98.9 Å². The number of hydrogen-bond acceptors (Lipinski definition) is 5. The number of amides is 3. The fraction of sp³-hybridized carbons (Fsp3) is 0.231. The predicted octanol–water partition coefficient (Wildman–Crippen LogP) is 2.37. The Hall–Kier alpha value is -2.61. The second kappa shape index (κ2) is 8.39. The van der Waals surface area contributed by atoms with Gasteiger partial charge in [0.25, 0.3) is 0 Å². The number of rotatable bonds is 5. The lowest BCUT2D eigenvalue weighted by Gasteiger charge is -2.18. The second-order valence-corrected chi connectivity index (χ2v) is 6.60. The number of nitrogens with zero attached hydrogens (tertiary/aromatic N) is 1. The van der Waals surface area contributed by atoms with Gasteiger partial charge in [-0.15, -0.1) is 5.10 Å². The number of carbonyl (C=O) groups excluding carboxylic acids is 2. The molecule has 0 bridgehead atoms. The Morgan fingerprint density at radius 1 is 1.11 bits per heavy atom. The standard InChI is InChI=1S/C13H10F5N5O2S2/c1-19-10(24)4(20-11(25)21-12-22-23-13(26)27-12)2-3-5(14)7(16)9(18)8(17)6(3)15/h4H,2H2,1H3,(H,19,24)(H,23,26)(H2,20,21,22,25). The van der Waals surface area contributed by atoms with Crippen molar-refractivity contribution in [1.29, 1.82) is 0 Å². The molecule has 0 spiro atoms. The number of anilines is 1. The molecule has 0 saturated carbocycles. The first-order valence-corrected chi connectivity index (χ1v) is 8.23. The van der Waals surface area contributed by atoms with Crippen LogP contribution in [0.2, 0.25) is 0 Å². The summed E-state index contributed by atoms with van der Waals surface area (Å²) in [6.07, 6.45) is -0.991. The van der Waals surface area contributed by atoms with Crippen LogP contribution >= 0.6 is 23.6 Å². The minimum absolute atomic E-state index is 0.0318. The molecule has 1 aromatic carbocycles. The summed E-state index contributed by atoms with van der Waals surface area (Å²) in [6.45, 7) is 0. The third-order valence-electron chi connectivity index (χ3n) is 3.24. The maximum Gasteiger partial charge on any atom is 0.321 e. The zero-order valence-electron chi connectivity index (χ0n) is 13.3. The molecule has 1 aromatic heterocycles. The van der Waals surface area contributed by atoms with Crippen molar-refractivity contribution in [3.05, 3.63) is 38.6 Å². The van der Waals surface area contributed by atoms with E-state index in [1.807, 2.05) is 0 Å². The minimum atomic E-state index is -2.32. The smallest absolute Gasteiger partial charge is 0.321 e. The number of likely N-dealkylation sites (N-methyl/N-ethyl adjacent to an activating group) is 1. The molecule has 2 rings (SSSR count). The lowest BCUT2D eigenvalue weighted by molar-refractivity contribution is -0.122. The largest absolute Gasteiger partial charge is 0.357 e. The fourth-order valence-electron chi connectivity index (χ4n) is 1.99. The van der Waals surface area contributed by atoms with Crippen molar-refractivity contribution in [3.63, 3.8) is 0 Å². The van der Waals surface area contributed by atoms with E-state index in [0.29, 0.717) is 0 Å². The molecular weight excluding hydrogens is 417 g/mol. The van der Waals surface area contributed by atoms with Gasteiger partial charge in [0.1, 0.15) is 6.04 Å². The van der Waals surface area contributed by atoms with Crippen molar-refractivity contribution in [2.24, 2.45) is 0 Å². The van der Waals surface area contributed by atoms with Crippen LogP contribution in [0.1, 0.15) is 5.56 Å². The van der Waals surface area contributed by atoms with Gasteiger partial charge in [-0.2, -0.15) is 0 Å². The van der Waals surface area contributed by atoms with Crippen molar-refractivity contribution in [2.45, 2.75) is 12.5 Å². The summed E-state index contributed by atoms with van der Waals surface area (Å²) in [5.41, 5.74) is -1.24. The van der Waals surface area contributed by atoms with Crippen LogP contribution in [0, 0.1) is 33.0 Å². The van der Waals surface area contributed by atoms with Crippen LogP contribution in [0.25, 0.3) is 0 Å². The Kier molecular flexibility index (Phi) is 6.43. The molecule has 7 nitrogen and oxygen atoms in total. The highest BCUT2D eigenvalue weighted by Crippen LogP contribution is 2.24. The molecule has 0 radical (unpaired) electrons. The zero-order valence-corrected chi connectivity index (χ0v) is 14.9. The van der Waals surface area contributed by atoms with Gasteiger partial charge in [-0.25, -0.2) is 26.7 Å². The Bertz CT molecular complexity index is 919. The number of halogens is 5. The molecule has 1 heterocycles. The van der Waals surface area contributed by atoms with E-state index in [1.54, 1.807) is 0 Å². The second-order valence-electron chi connectivity index (χ2n) is 4.94. The van der Waals surface area contributed by atoms with E-state index in [9.17, 15) is 31.5 Å². The van der Waals surface area contributed by atoms with E-state index in [4.69, 9.17) is 12.2 Å². The van der Waals surface area contributed by atoms with E-state index < -0.39 is 59.1 Å². The molecular formula is C13H10F5N5O2S2. The van der Waals surface area contributed by atoms with Gasteiger partial charge < -0.3 is 10.6 Å². The van der Waals surface area contributed by atoms with Crippen LogP contribution in [0.15, 0.2) is 0 Å². The van der Waals surface area contributed by atoms with Gasteiger partial charge in [-0.05, 0) is 12.2 Å². The first-order chi connectivity index (χ1) is 12.6. The van der Waals surface area contributed by atoms with Crippen LogP contribution in [0.4, 0.5) is 31.9 Å². The summed E-state index contributed by atoms with van der Waals surface area (Å²) in [7, 11) is 1.16. The molecule has 0 aliphatic heterocycles. The normalized spacial score (nSPS) is 11.8.